The Hall–Kier alpha value is -4.96. The number of nitrogens with one attached hydrogen (secondary N) is 3. The summed E-state index contributed by atoms with van der Waals surface area (Å²) in [6.45, 7) is 0.269. The number of para-hydroxylation sites is 1. The van der Waals surface area contributed by atoms with E-state index >= 15 is 0 Å². The lowest BCUT2D eigenvalue weighted by Gasteiger charge is -2.10. The molecule has 0 atom stereocenters. The van der Waals surface area contributed by atoms with Gasteiger partial charge >= 0.3 is 0 Å². The monoisotopic (exact) mass is 506 g/mol. The fourth-order valence-electron chi connectivity index (χ4n) is 4.42. The van der Waals surface area contributed by atoms with Gasteiger partial charge in [-0.3, -0.25) is 19.9 Å². The van der Waals surface area contributed by atoms with Crippen LogP contribution in [0, 0.1) is 5.82 Å². The van der Waals surface area contributed by atoms with Crippen molar-refractivity contribution < 1.29 is 9.18 Å². The molecule has 3 N–H and O–H groups in total. The van der Waals surface area contributed by atoms with Crippen molar-refractivity contribution in [1.29, 1.82) is 0 Å². The summed E-state index contributed by atoms with van der Waals surface area (Å²) in [7, 11) is 3.67. The summed E-state index contributed by atoms with van der Waals surface area (Å²) in [5.41, 5.74) is 6.51. The minimum atomic E-state index is -0.301. The molecule has 0 aliphatic rings. The topological polar surface area (TPSA) is 115 Å². The Bertz CT molecular complexity index is 1810. The van der Waals surface area contributed by atoms with Gasteiger partial charge in [0.2, 0.25) is 5.91 Å². The van der Waals surface area contributed by atoms with Crippen LogP contribution < -0.4 is 5.32 Å². The average Bonchev–Trinajstić information content (AvgIpc) is 3.52. The van der Waals surface area contributed by atoms with E-state index in [1.165, 1.54) is 12.1 Å². The smallest absolute Gasteiger partial charge is 0.238 e. The van der Waals surface area contributed by atoms with Gasteiger partial charge in [0.25, 0.3) is 0 Å². The van der Waals surface area contributed by atoms with E-state index < -0.39 is 0 Å². The number of H-pyrrole nitrogens is 2. The highest BCUT2D eigenvalue weighted by Gasteiger charge is 2.17. The van der Waals surface area contributed by atoms with E-state index in [9.17, 15) is 9.18 Å². The Morgan fingerprint density at radius 2 is 1.87 bits per heavy atom. The van der Waals surface area contributed by atoms with E-state index in [-0.39, 0.29) is 18.3 Å². The number of halogens is 1. The van der Waals surface area contributed by atoms with Crippen LogP contribution in [0.15, 0.2) is 73.2 Å². The number of hydrogen-bond acceptors (Lipinski definition) is 6. The van der Waals surface area contributed by atoms with Gasteiger partial charge in [0.15, 0.2) is 5.82 Å². The molecule has 0 aliphatic heterocycles. The molecule has 4 aromatic heterocycles. The van der Waals surface area contributed by atoms with Gasteiger partial charge in [-0.2, -0.15) is 5.10 Å². The van der Waals surface area contributed by atoms with Crippen LogP contribution in [0.4, 0.5) is 10.1 Å². The quantitative estimate of drug-likeness (QED) is 0.297. The van der Waals surface area contributed by atoms with Crippen LogP contribution >= 0.6 is 0 Å². The van der Waals surface area contributed by atoms with E-state index in [4.69, 9.17) is 4.98 Å². The zero-order chi connectivity index (χ0) is 26.2. The van der Waals surface area contributed by atoms with Crippen molar-refractivity contribution in [3.63, 3.8) is 0 Å². The second-order valence-electron chi connectivity index (χ2n) is 9.23. The zero-order valence-corrected chi connectivity index (χ0v) is 20.7. The predicted octanol–water partition coefficient (Wildman–Crippen LogP) is 4.87. The van der Waals surface area contributed by atoms with Crippen molar-refractivity contribution in [3.8, 4) is 33.9 Å². The Kier molecular flexibility index (Phi) is 5.85. The molecule has 0 radical (unpaired) electrons. The first-order valence-corrected chi connectivity index (χ1v) is 11.9. The molecule has 0 bridgehead atoms. The highest BCUT2D eigenvalue weighted by molar-refractivity contribution is 5.98. The van der Waals surface area contributed by atoms with Crippen LogP contribution in [-0.4, -0.2) is 61.6 Å². The number of carbonyl (C=O) groups excluding carboxylic acids is 1. The van der Waals surface area contributed by atoms with Crippen molar-refractivity contribution in [2.24, 2.45) is 0 Å². The van der Waals surface area contributed by atoms with Crippen LogP contribution in [0.5, 0.6) is 0 Å². The number of aromatic nitrogens is 6. The maximum atomic E-state index is 13.9. The molecule has 2 aromatic carbocycles. The number of fused-ring (bicyclic) bond motifs is 2. The van der Waals surface area contributed by atoms with Crippen molar-refractivity contribution >= 4 is 33.5 Å². The van der Waals surface area contributed by atoms with Gasteiger partial charge in [0.1, 0.15) is 11.5 Å². The maximum absolute atomic E-state index is 13.9. The molecule has 0 unspecified atom stereocenters. The van der Waals surface area contributed by atoms with E-state index in [2.05, 4.69) is 30.5 Å². The molecule has 0 aliphatic carbocycles. The molecule has 6 rings (SSSR count). The average molecular weight is 507 g/mol. The number of anilines is 1. The van der Waals surface area contributed by atoms with E-state index in [1.54, 1.807) is 29.6 Å². The van der Waals surface area contributed by atoms with Gasteiger partial charge in [0.05, 0.1) is 46.9 Å². The fraction of sp³-hybridized carbons (Fsp3) is 0.107. The summed E-state index contributed by atoms with van der Waals surface area (Å²) < 4.78 is 13.9. The van der Waals surface area contributed by atoms with Gasteiger partial charge in [-0.25, -0.2) is 9.37 Å². The molecular weight excluding hydrogens is 483 g/mol. The minimum Gasteiger partial charge on any atom is -0.337 e. The summed E-state index contributed by atoms with van der Waals surface area (Å²) in [6.07, 6.45) is 5.00. The standard InChI is InChI=1S/C28H23FN8O/c1-37(2)15-25(38)32-19-10-17(12-30-13-19)23-11-21-24(14-31-23)35-36-27(21)28-33-22-8-4-7-20(26(22)34-28)16-5-3-6-18(29)9-16/h3-14H,15H2,1-2H3,(H,32,38)(H,33,34)(H,35,36). The second kappa shape index (κ2) is 9.49. The maximum Gasteiger partial charge on any atom is 0.238 e. The Morgan fingerprint density at radius 1 is 1.00 bits per heavy atom. The first kappa shape index (κ1) is 23.4. The molecule has 6 aromatic rings. The summed E-state index contributed by atoms with van der Waals surface area (Å²) in [5.74, 6) is 0.150. The lowest BCUT2D eigenvalue weighted by atomic mass is 10.0. The van der Waals surface area contributed by atoms with Gasteiger partial charge in [-0.1, -0.05) is 24.3 Å². The Labute approximate surface area is 216 Å². The zero-order valence-electron chi connectivity index (χ0n) is 20.7. The SMILES string of the molecule is CN(C)CC(=O)Nc1cncc(-c2cc3c(-c4nc5c(-c6cccc(F)c6)cccc5[nH]4)n[nH]c3cn2)c1. The van der Waals surface area contributed by atoms with E-state index in [0.717, 1.165) is 38.6 Å². The molecule has 0 spiro atoms. The normalized spacial score (nSPS) is 11.5. The molecule has 0 fully saturated rings. The number of pyridine rings is 2. The minimum absolute atomic E-state index is 0.128. The Balaban J connectivity index is 1.38. The Morgan fingerprint density at radius 3 is 2.71 bits per heavy atom. The number of hydrogen-bond donors (Lipinski definition) is 3. The number of amides is 1. The fourth-order valence-corrected chi connectivity index (χ4v) is 4.42. The molecule has 0 saturated carbocycles. The van der Waals surface area contributed by atoms with Crippen molar-refractivity contribution in [2.45, 2.75) is 0 Å². The van der Waals surface area contributed by atoms with E-state index in [1.807, 2.05) is 50.5 Å². The van der Waals surface area contributed by atoms with Crippen molar-refractivity contribution in [2.75, 3.05) is 26.0 Å². The molecule has 10 heteroatoms. The van der Waals surface area contributed by atoms with Gasteiger partial charge in [0, 0.05) is 22.7 Å². The van der Waals surface area contributed by atoms with Crippen LogP contribution in [0.1, 0.15) is 0 Å². The largest absolute Gasteiger partial charge is 0.337 e. The molecule has 38 heavy (non-hydrogen) atoms. The number of aromatic amines is 2. The van der Waals surface area contributed by atoms with Gasteiger partial charge in [-0.05, 0) is 50.0 Å². The van der Waals surface area contributed by atoms with Crippen LogP contribution in [-0.2, 0) is 4.79 Å². The first-order chi connectivity index (χ1) is 18.4. The third kappa shape index (κ3) is 4.48. The van der Waals surface area contributed by atoms with E-state index in [0.29, 0.717) is 22.9 Å². The third-order valence-corrected chi connectivity index (χ3v) is 6.10. The van der Waals surface area contributed by atoms with Gasteiger partial charge in [-0.15, -0.1) is 0 Å². The molecule has 188 valence electrons. The lowest BCUT2D eigenvalue weighted by molar-refractivity contribution is -0.116. The highest BCUT2D eigenvalue weighted by Crippen LogP contribution is 2.33. The van der Waals surface area contributed by atoms with Crippen LogP contribution in [0.25, 0.3) is 55.8 Å². The molecule has 4 heterocycles. The van der Waals surface area contributed by atoms with Crippen molar-refractivity contribution in [1.82, 2.24) is 35.0 Å². The van der Waals surface area contributed by atoms with Crippen LogP contribution in [0.3, 0.4) is 0 Å². The molecular formula is C28H23FN8O. The molecule has 1 amide bonds. The second-order valence-corrected chi connectivity index (χ2v) is 9.23. The predicted molar refractivity (Wildman–Crippen MR) is 145 cm³/mol. The number of rotatable bonds is 6. The highest BCUT2D eigenvalue weighted by atomic mass is 19.1. The molecule has 0 saturated heterocycles. The van der Waals surface area contributed by atoms with Crippen molar-refractivity contribution in [3.05, 3.63) is 79.0 Å². The number of imidazole rings is 1. The number of likely N-dealkylation sites (N-methyl/N-ethyl adjacent to an activating group) is 1. The summed E-state index contributed by atoms with van der Waals surface area (Å²) in [6, 6.07) is 16.0. The summed E-state index contributed by atoms with van der Waals surface area (Å²) in [5, 5.41) is 11.2. The number of carbonyl (C=O) groups is 1. The summed E-state index contributed by atoms with van der Waals surface area (Å²) >= 11 is 0. The molecule has 9 nitrogen and oxygen atoms in total. The number of benzene rings is 2. The van der Waals surface area contributed by atoms with Crippen LogP contribution in [0.2, 0.25) is 0 Å². The third-order valence-electron chi connectivity index (χ3n) is 6.10. The lowest BCUT2D eigenvalue weighted by Crippen LogP contribution is -2.27. The number of nitrogens with zero attached hydrogens (tertiary/aromatic N) is 5. The first-order valence-electron chi connectivity index (χ1n) is 11.9. The summed E-state index contributed by atoms with van der Waals surface area (Å²) in [4.78, 5) is 31.0. The van der Waals surface area contributed by atoms with Gasteiger partial charge < -0.3 is 15.2 Å².